The smallest absolute Gasteiger partial charge is 0.0236 e. The summed E-state index contributed by atoms with van der Waals surface area (Å²) < 4.78 is 0. The first-order valence-corrected chi connectivity index (χ1v) is 8.29. The van der Waals surface area contributed by atoms with Gasteiger partial charge in [-0.25, -0.2) is 0 Å². The maximum Gasteiger partial charge on any atom is -0.0236 e. The third-order valence-corrected chi connectivity index (χ3v) is 5.44. The van der Waals surface area contributed by atoms with Crippen molar-refractivity contribution in [1.29, 1.82) is 0 Å². The third-order valence-electron chi connectivity index (χ3n) is 5.44. The van der Waals surface area contributed by atoms with Crippen LogP contribution in [0.2, 0.25) is 0 Å². The minimum Gasteiger partial charge on any atom is -0.103 e. The van der Waals surface area contributed by atoms with Gasteiger partial charge in [0.05, 0.1) is 0 Å². The van der Waals surface area contributed by atoms with E-state index < -0.39 is 0 Å². The zero-order valence-corrected chi connectivity index (χ0v) is 12.3. The second kappa shape index (κ2) is 7.36. The highest BCUT2D eigenvalue weighted by molar-refractivity contribution is 4.96. The first-order chi connectivity index (χ1) is 8.83. The van der Waals surface area contributed by atoms with E-state index in [2.05, 4.69) is 19.6 Å². The van der Waals surface area contributed by atoms with Crippen molar-refractivity contribution in [1.82, 2.24) is 0 Å². The summed E-state index contributed by atoms with van der Waals surface area (Å²) in [5.74, 6) is 4.82. The molecule has 0 atom stereocenters. The maximum atomic E-state index is 3.96. The van der Waals surface area contributed by atoms with Crippen LogP contribution in [0.15, 0.2) is 12.7 Å². The van der Waals surface area contributed by atoms with E-state index in [4.69, 9.17) is 0 Å². The van der Waals surface area contributed by atoms with Gasteiger partial charge in [-0.3, -0.25) is 0 Å². The molecule has 2 rings (SSSR count). The van der Waals surface area contributed by atoms with E-state index in [0.717, 1.165) is 17.8 Å². The summed E-state index contributed by atoms with van der Waals surface area (Å²) in [5.41, 5.74) is 0. The first-order valence-electron chi connectivity index (χ1n) is 8.29. The van der Waals surface area contributed by atoms with Crippen molar-refractivity contribution in [3.8, 4) is 0 Å². The van der Waals surface area contributed by atoms with E-state index in [1.54, 1.807) is 0 Å². The lowest BCUT2D eigenvalue weighted by molar-refractivity contribution is 0.184. The van der Waals surface area contributed by atoms with Crippen molar-refractivity contribution in [3.05, 3.63) is 18.6 Å². The maximum absolute atomic E-state index is 3.96. The molecule has 2 aliphatic rings. The van der Waals surface area contributed by atoms with Gasteiger partial charge in [0.25, 0.3) is 0 Å². The van der Waals surface area contributed by atoms with Crippen LogP contribution < -0.4 is 0 Å². The van der Waals surface area contributed by atoms with Gasteiger partial charge in [0.2, 0.25) is 0 Å². The summed E-state index contributed by atoms with van der Waals surface area (Å²) in [7, 11) is 0. The molecule has 0 aromatic carbocycles. The van der Waals surface area contributed by atoms with Crippen LogP contribution in [0, 0.1) is 23.7 Å². The molecule has 1 radical (unpaired) electrons. The zero-order chi connectivity index (χ0) is 12.8. The van der Waals surface area contributed by atoms with Crippen LogP contribution in [-0.4, -0.2) is 0 Å². The van der Waals surface area contributed by atoms with Crippen LogP contribution in [0.1, 0.15) is 77.6 Å². The van der Waals surface area contributed by atoms with Gasteiger partial charge in [0, 0.05) is 0 Å². The molecular weight excluding hydrogens is 216 g/mol. The fraction of sp³-hybridized carbons (Fsp3) is 0.833. The van der Waals surface area contributed by atoms with Crippen LogP contribution in [-0.2, 0) is 0 Å². The lowest BCUT2D eigenvalue weighted by Crippen LogP contribution is -2.24. The van der Waals surface area contributed by atoms with E-state index in [1.165, 1.54) is 70.6 Å². The molecule has 0 spiro atoms. The molecule has 0 heteroatoms. The Morgan fingerprint density at radius 3 is 2.17 bits per heavy atom. The van der Waals surface area contributed by atoms with Crippen molar-refractivity contribution >= 4 is 0 Å². The monoisotopic (exact) mass is 247 g/mol. The molecule has 0 nitrogen and oxygen atoms in total. The summed E-state index contributed by atoms with van der Waals surface area (Å²) in [4.78, 5) is 0. The van der Waals surface area contributed by atoms with E-state index in [1.807, 2.05) is 5.92 Å². The lowest BCUT2D eigenvalue weighted by Gasteiger charge is -2.37. The minimum absolute atomic E-state index is 0.830. The van der Waals surface area contributed by atoms with E-state index in [0.29, 0.717) is 0 Å². The number of allylic oxidation sites excluding steroid dienone is 1. The number of hydrogen-bond donors (Lipinski definition) is 0. The van der Waals surface area contributed by atoms with Crippen LogP contribution in [0.5, 0.6) is 0 Å². The fourth-order valence-corrected chi connectivity index (χ4v) is 4.05. The normalized spacial score (nSPS) is 31.4. The average molecular weight is 247 g/mol. The molecule has 2 saturated carbocycles. The van der Waals surface area contributed by atoms with Crippen LogP contribution in [0.4, 0.5) is 0 Å². The summed E-state index contributed by atoms with van der Waals surface area (Å²) in [6.07, 6.45) is 18.1. The topological polar surface area (TPSA) is 0 Å². The van der Waals surface area contributed by atoms with Gasteiger partial charge < -0.3 is 0 Å². The van der Waals surface area contributed by atoms with E-state index in [-0.39, 0.29) is 0 Å². The standard InChI is InChI=1S/C18H31/c1-3-5-6-16-9-13-18(14-10-16)17-11-7-15(4-2)8-12-17/h4,15,17-18H,2-3,5-14H2,1H3. The number of rotatable bonds is 5. The molecule has 0 bridgehead atoms. The lowest BCUT2D eigenvalue weighted by atomic mass is 9.69. The minimum atomic E-state index is 0.830. The molecule has 0 saturated heterocycles. The largest absolute Gasteiger partial charge is 0.103 e. The Kier molecular flexibility index (Phi) is 5.79. The Balaban J connectivity index is 1.68. The predicted octanol–water partition coefficient (Wildman–Crippen LogP) is 5.93. The van der Waals surface area contributed by atoms with Gasteiger partial charge in [-0.05, 0) is 81.5 Å². The van der Waals surface area contributed by atoms with Gasteiger partial charge in [0.1, 0.15) is 0 Å². The van der Waals surface area contributed by atoms with Crippen molar-refractivity contribution in [2.45, 2.75) is 77.6 Å². The van der Waals surface area contributed by atoms with E-state index >= 15 is 0 Å². The zero-order valence-electron chi connectivity index (χ0n) is 12.3. The summed E-state index contributed by atoms with van der Waals surface area (Å²) in [6, 6.07) is 0. The Hall–Kier alpha value is -0.260. The van der Waals surface area contributed by atoms with Crippen molar-refractivity contribution < 1.29 is 0 Å². The Morgan fingerprint density at radius 1 is 1.00 bits per heavy atom. The van der Waals surface area contributed by atoms with Crippen LogP contribution >= 0.6 is 0 Å². The number of hydrogen-bond acceptors (Lipinski definition) is 0. The molecule has 0 unspecified atom stereocenters. The van der Waals surface area contributed by atoms with Gasteiger partial charge in [-0.15, -0.1) is 6.58 Å². The van der Waals surface area contributed by atoms with Gasteiger partial charge in [-0.2, -0.15) is 0 Å². The predicted molar refractivity (Wildman–Crippen MR) is 80.4 cm³/mol. The highest BCUT2D eigenvalue weighted by Crippen LogP contribution is 2.42. The Bertz CT molecular complexity index is 226. The van der Waals surface area contributed by atoms with E-state index in [9.17, 15) is 0 Å². The van der Waals surface area contributed by atoms with Gasteiger partial charge in [-0.1, -0.05) is 25.8 Å². The summed E-state index contributed by atoms with van der Waals surface area (Å²) >= 11 is 0. The second-order valence-electron chi connectivity index (χ2n) is 6.60. The molecule has 0 aromatic heterocycles. The molecule has 2 fully saturated rings. The molecule has 18 heavy (non-hydrogen) atoms. The molecule has 0 heterocycles. The molecule has 0 amide bonds. The third kappa shape index (κ3) is 3.87. The van der Waals surface area contributed by atoms with Crippen LogP contribution in [0.3, 0.4) is 0 Å². The SMILES string of the molecule is C=CC1CCC(C2CC[C](CCCC)CC2)CC1. The van der Waals surface area contributed by atoms with Crippen molar-refractivity contribution in [3.63, 3.8) is 0 Å². The van der Waals surface area contributed by atoms with Crippen molar-refractivity contribution in [2.75, 3.05) is 0 Å². The molecule has 0 aromatic rings. The molecule has 2 aliphatic carbocycles. The summed E-state index contributed by atoms with van der Waals surface area (Å²) in [6.45, 7) is 6.27. The number of unbranched alkanes of at least 4 members (excludes halogenated alkanes) is 1. The Labute approximate surface area is 114 Å². The highest BCUT2D eigenvalue weighted by atomic mass is 14.3. The fourth-order valence-electron chi connectivity index (χ4n) is 4.05. The Morgan fingerprint density at radius 2 is 1.61 bits per heavy atom. The average Bonchev–Trinajstić information content (AvgIpc) is 2.46. The molecule has 0 aliphatic heterocycles. The molecular formula is C18H31. The van der Waals surface area contributed by atoms with Crippen LogP contribution in [0.25, 0.3) is 0 Å². The first kappa shape index (κ1) is 14.2. The van der Waals surface area contributed by atoms with Gasteiger partial charge >= 0.3 is 0 Å². The summed E-state index contributed by atoms with van der Waals surface area (Å²) in [5, 5.41) is 0. The second-order valence-corrected chi connectivity index (χ2v) is 6.60. The molecule has 103 valence electrons. The van der Waals surface area contributed by atoms with Gasteiger partial charge in [0.15, 0.2) is 0 Å². The van der Waals surface area contributed by atoms with Crippen molar-refractivity contribution in [2.24, 2.45) is 17.8 Å². The highest BCUT2D eigenvalue weighted by Gasteiger charge is 2.30. The quantitative estimate of drug-likeness (QED) is 0.528. The molecule has 0 N–H and O–H groups in total.